The van der Waals surface area contributed by atoms with E-state index in [-0.39, 0.29) is 0 Å². The molecule has 0 aliphatic rings. The summed E-state index contributed by atoms with van der Waals surface area (Å²) >= 11 is 6.13. The molecule has 20 heavy (non-hydrogen) atoms. The molecule has 0 heterocycles. The molecule has 3 heteroatoms. The van der Waals surface area contributed by atoms with Crippen LogP contribution in [0.3, 0.4) is 0 Å². The van der Waals surface area contributed by atoms with Crippen LogP contribution in [0, 0.1) is 6.92 Å². The van der Waals surface area contributed by atoms with E-state index in [1.807, 2.05) is 55.5 Å². The standard InChI is InChI=1S/C17H17ClOS/c1-14-10-12-16(13-11-14)20(19)17(18)9-5-8-15-6-3-2-4-7-15/h2-4,6-7,9-13H,5,8H2,1H3/b17-9-. The van der Waals surface area contributed by atoms with Crippen molar-refractivity contribution < 1.29 is 4.21 Å². The number of allylic oxidation sites excluding steroid dienone is 1. The summed E-state index contributed by atoms with van der Waals surface area (Å²) in [6.07, 6.45) is 3.55. The van der Waals surface area contributed by atoms with Gasteiger partial charge in [-0.05, 0) is 37.5 Å². The molecule has 1 atom stereocenters. The van der Waals surface area contributed by atoms with Crippen molar-refractivity contribution in [2.75, 3.05) is 0 Å². The molecule has 2 rings (SSSR count). The highest BCUT2D eigenvalue weighted by Crippen LogP contribution is 2.19. The monoisotopic (exact) mass is 304 g/mol. The number of aryl methyl sites for hydroxylation is 2. The lowest BCUT2D eigenvalue weighted by atomic mass is 10.1. The van der Waals surface area contributed by atoms with Crippen LogP contribution in [0.25, 0.3) is 0 Å². The molecule has 2 aromatic carbocycles. The average molecular weight is 305 g/mol. The van der Waals surface area contributed by atoms with Gasteiger partial charge in [-0.1, -0.05) is 65.7 Å². The van der Waals surface area contributed by atoms with E-state index in [1.54, 1.807) is 0 Å². The molecule has 0 aromatic heterocycles. The Morgan fingerprint density at radius 3 is 2.40 bits per heavy atom. The maximum Gasteiger partial charge on any atom is 0.106 e. The Balaban J connectivity index is 1.96. The fraction of sp³-hybridized carbons (Fsp3) is 0.176. The zero-order valence-corrected chi connectivity index (χ0v) is 13.0. The first kappa shape index (κ1) is 15.0. The van der Waals surface area contributed by atoms with Gasteiger partial charge >= 0.3 is 0 Å². The number of hydrogen-bond acceptors (Lipinski definition) is 1. The van der Waals surface area contributed by atoms with Crippen molar-refractivity contribution in [3.05, 3.63) is 76.2 Å². The SMILES string of the molecule is Cc1ccc(S(=O)/C(Cl)=C\CCc2ccccc2)cc1. The first-order chi connectivity index (χ1) is 9.66. The molecular formula is C17H17ClOS. The smallest absolute Gasteiger partial charge is 0.106 e. The molecule has 1 unspecified atom stereocenters. The summed E-state index contributed by atoms with van der Waals surface area (Å²) in [6, 6.07) is 17.8. The minimum atomic E-state index is -1.27. The number of benzene rings is 2. The van der Waals surface area contributed by atoms with Gasteiger partial charge in [-0.25, -0.2) is 4.21 Å². The van der Waals surface area contributed by atoms with Crippen molar-refractivity contribution in [1.82, 2.24) is 0 Å². The normalized spacial score (nSPS) is 13.2. The second kappa shape index (κ2) is 7.41. The van der Waals surface area contributed by atoms with E-state index in [4.69, 9.17) is 11.6 Å². The van der Waals surface area contributed by atoms with Crippen molar-refractivity contribution in [2.45, 2.75) is 24.7 Å². The van der Waals surface area contributed by atoms with Crippen LogP contribution in [0.4, 0.5) is 0 Å². The van der Waals surface area contributed by atoms with E-state index in [1.165, 1.54) is 5.56 Å². The highest BCUT2D eigenvalue weighted by Gasteiger charge is 2.07. The molecular weight excluding hydrogens is 288 g/mol. The fourth-order valence-electron chi connectivity index (χ4n) is 1.85. The summed E-state index contributed by atoms with van der Waals surface area (Å²) in [5, 5.41) is 0. The Kier molecular flexibility index (Phi) is 5.57. The van der Waals surface area contributed by atoms with E-state index in [0.717, 1.165) is 23.3 Å². The van der Waals surface area contributed by atoms with Crippen LogP contribution in [-0.4, -0.2) is 4.21 Å². The largest absolute Gasteiger partial charge is 0.248 e. The predicted octanol–water partition coefficient (Wildman–Crippen LogP) is 4.82. The van der Waals surface area contributed by atoms with E-state index in [2.05, 4.69) is 12.1 Å². The van der Waals surface area contributed by atoms with Gasteiger partial charge in [-0.2, -0.15) is 0 Å². The van der Waals surface area contributed by atoms with Gasteiger partial charge < -0.3 is 0 Å². The Bertz CT molecular complexity index is 603. The van der Waals surface area contributed by atoms with E-state index >= 15 is 0 Å². The van der Waals surface area contributed by atoms with Gasteiger partial charge in [-0.3, -0.25) is 0 Å². The second-order valence-electron chi connectivity index (χ2n) is 4.61. The molecule has 0 radical (unpaired) electrons. The van der Waals surface area contributed by atoms with Gasteiger partial charge in [0, 0.05) is 4.90 Å². The van der Waals surface area contributed by atoms with Crippen molar-refractivity contribution in [3.63, 3.8) is 0 Å². The first-order valence-corrected chi connectivity index (χ1v) is 8.07. The topological polar surface area (TPSA) is 17.1 Å². The molecule has 0 fully saturated rings. The fourth-order valence-corrected chi connectivity index (χ4v) is 3.10. The third kappa shape index (κ3) is 4.32. The first-order valence-electron chi connectivity index (χ1n) is 6.55. The van der Waals surface area contributed by atoms with Crippen LogP contribution >= 0.6 is 11.6 Å². The molecule has 1 nitrogen and oxygen atoms in total. The summed E-state index contributed by atoms with van der Waals surface area (Å²) < 4.78 is 12.6. The lowest BCUT2D eigenvalue weighted by Crippen LogP contribution is -1.92. The Hall–Kier alpha value is -1.38. The number of rotatable bonds is 5. The predicted molar refractivity (Wildman–Crippen MR) is 86.3 cm³/mol. The Morgan fingerprint density at radius 1 is 1.10 bits per heavy atom. The van der Waals surface area contributed by atoms with E-state index in [9.17, 15) is 4.21 Å². The summed E-state index contributed by atoms with van der Waals surface area (Å²) in [4.78, 5) is 0.747. The third-order valence-electron chi connectivity index (χ3n) is 2.99. The van der Waals surface area contributed by atoms with Gasteiger partial charge in [0.25, 0.3) is 0 Å². The highest BCUT2D eigenvalue weighted by molar-refractivity contribution is 7.90. The molecule has 0 saturated carbocycles. The van der Waals surface area contributed by atoms with Crippen LogP contribution in [0.2, 0.25) is 0 Å². The molecule has 0 N–H and O–H groups in total. The van der Waals surface area contributed by atoms with Crippen LogP contribution in [-0.2, 0) is 17.2 Å². The zero-order chi connectivity index (χ0) is 14.4. The third-order valence-corrected chi connectivity index (χ3v) is 4.79. The quantitative estimate of drug-likeness (QED) is 0.774. The minimum Gasteiger partial charge on any atom is -0.248 e. The van der Waals surface area contributed by atoms with Gasteiger partial charge in [0.15, 0.2) is 0 Å². The molecule has 2 aromatic rings. The van der Waals surface area contributed by atoms with Crippen LogP contribution in [0.15, 0.2) is 69.9 Å². The van der Waals surface area contributed by atoms with Gasteiger partial charge in [0.2, 0.25) is 0 Å². The summed E-state index contributed by atoms with van der Waals surface area (Å²) in [5.41, 5.74) is 2.41. The number of hydrogen-bond donors (Lipinski definition) is 0. The molecule has 0 aliphatic carbocycles. The van der Waals surface area contributed by atoms with E-state index in [0.29, 0.717) is 4.36 Å². The van der Waals surface area contributed by atoms with Crippen LogP contribution < -0.4 is 0 Å². The van der Waals surface area contributed by atoms with Gasteiger partial charge in [-0.15, -0.1) is 0 Å². The maximum atomic E-state index is 12.2. The minimum absolute atomic E-state index is 0.407. The summed E-state index contributed by atoms with van der Waals surface area (Å²) in [6.45, 7) is 2.00. The van der Waals surface area contributed by atoms with Gasteiger partial charge in [0.1, 0.15) is 4.36 Å². The summed E-state index contributed by atoms with van der Waals surface area (Å²) in [7, 11) is -1.27. The van der Waals surface area contributed by atoms with Crippen molar-refractivity contribution in [3.8, 4) is 0 Å². The van der Waals surface area contributed by atoms with Crippen LogP contribution in [0.5, 0.6) is 0 Å². The highest BCUT2D eigenvalue weighted by atomic mass is 35.5. The van der Waals surface area contributed by atoms with Gasteiger partial charge in [0.05, 0.1) is 10.8 Å². The van der Waals surface area contributed by atoms with Crippen molar-refractivity contribution >= 4 is 22.4 Å². The average Bonchev–Trinajstić information content (AvgIpc) is 2.48. The van der Waals surface area contributed by atoms with Crippen LogP contribution in [0.1, 0.15) is 17.5 Å². The molecule has 0 aliphatic heterocycles. The van der Waals surface area contributed by atoms with Crippen molar-refractivity contribution in [2.24, 2.45) is 0 Å². The van der Waals surface area contributed by atoms with Crippen molar-refractivity contribution in [1.29, 1.82) is 0 Å². The van der Waals surface area contributed by atoms with E-state index < -0.39 is 10.8 Å². The second-order valence-corrected chi connectivity index (χ2v) is 6.69. The maximum absolute atomic E-state index is 12.2. The molecule has 104 valence electrons. The molecule has 0 amide bonds. The summed E-state index contributed by atoms with van der Waals surface area (Å²) in [5.74, 6) is 0. The Labute approximate surface area is 127 Å². The molecule has 0 bridgehead atoms. The lowest BCUT2D eigenvalue weighted by Gasteiger charge is -2.02. The lowest BCUT2D eigenvalue weighted by molar-refractivity contribution is 0.687. The number of halogens is 1. The molecule has 0 saturated heterocycles. The molecule has 0 spiro atoms. The Morgan fingerprint density at radius 2 is 1.75 bits per heavy atom. The zero-order valence-electron chi connectivity index (χ0n) is 11.4.